The summed E-state index contributed by atoms with van der Waals surface area (Å²) >= 11 is 0. The number of nitrogens with one attached hydrogen (secondary N) is 2. The maximum Gasteiger partial charge on any atom is 0.419 e. The molecule has 0 spiro atoms. The van der Waals surface area contributed by atoms with Crippen molar-refractivity contribution in [3.05, 3.63) is 76.6 Å². The van der Waals surface area contributed by atoms with Crippen LogP contribution in [-0.4, -0.2) is 33.3 Å². The zero-order valence-corrected chi connectivity index (χ0v) is 20.3. The molecule has 0 saturated carbocycles. The van der Waals surface area contributed by atoms with Crippen LogP contribution in [0, 0.1) is 13.8 Å². The minimum Gasteiger partial charge on any atom is -0.481 e. The third-order valence-electron chi connectivity index (χ3n) is 5.75. The number of amides is 1. The maximum atomic E-state index is 13.0. The smallest absolute Gasteiger partial charge is 0.419 e. The van der Waals surface area contributed by atoms with E-state index in [9.17, 15) is 22.8 Å². The molecule has 3 rings (SSSR count). The lowest BCUT2D eigenvalue weighted by atomic mass is 9.99. The molecule has 0 unspecified atom stereocenters. The van der Waals surface area contributed by atoms with Crippen LogP contribution < -0.4 is 10.6 Å². The van der Waals surface area contributed by atoms with E-state index in [0.717, 1.165) is 47.6 Å². The van der Waals surface area contributed by atoms with Crippen molar-refractivity contribution in [2.45, 2.75) is 52.3 Å². The van der Waals surface area contributed by atoms with E-state index in [4.69, 9.17) is 5.11 Å². The molecule has 0 aliphatic rings. The summed E-state index contributed by atoms with van der Waals surface area (Å²) in [5.74, 6) is -1.31. The summed E-state index contributed by atoms with van der Waals surface area (Å²) in [5, 5.41) is 18.7. The number of alkyl halides is 3. The number of aromatic nitrogens is 2. The van der Waals surface area contributed by atoms with Gasteiger partial charge in [0.05, 0.1) is 29.9 Å². The van der Waals surface area contributed by atoms with E-state index in [-0.39, 0.29) is 24.9 Å². The van der Waals surface area contributed by atoms with Gasteiger partial charge in [-0.05, 0) is 61.2 Å². The van der Waals surface area contributed by atoms with Gasteiger partial charge in [0.1, 0.15) is 0 Å². The first kappa shape index (κ1) is 26.8. The Labute approximate surface area is 207 Å². The SMILES string of the molecule is CCC[C@H](Nc1cc(C)c(-n2cc(C(F)(F)F)cn2)c(C)c1)c1ccc(C(=O)NCCC(=O)O)cc1. The molecule has 0 bridgehead atoms. The van der Waals surface area contributed by atoms with Crippen LogP contribution in [0.25, 0.3) is 5.69 Å². The van der Waals surface area contributed by atoms with Gasteiger partial charge in [-0.1, -0.05) is 25.5 Å². The standard InChI is InChI=1S/C26H29F3N4O3/c1-4-5-22(18-6-8-19(9-7-18)25(36)30-11-10-23(34)35)32-21-12-16(2)24(17(3)13-21)33-15-20(14-31-33)26(27,28)29/h6-9,12-15,22,32H,4-5,10-11H2,1-3H3,(H,30,36)(H,34,35)/t22-/m0/s1. The van der Waals surface area contributed by atoms with Crippen LogP contribution >= 0.6 is 0 Å². The average molecular weight is 503 g/mol. The van der Waals surface area contributed by atoms with Crippen molar-refractivity contribution >= 4 is 17.6 Å². The van der Waals surface area contributed by atoms with E-state index in [2.05, 4.69) is 22.7 Å². The molecule has 7 nitrogen and oxygen atoms in total. The summed E-state index contributed by atoms with van der Waals surface area (Å²) in [7, 11) is 0. The van der Waals surface area contributed by atoms with Crippen LogP contribution in [0.4, 0.5) is 18.9 Å². The number of carboxylic acid groups (broad SMARTS) is 1. The highest BCUT2D eigenvalue weighted by molar-refractivity contribution is 5.94. The molecule has 3 N–H and O–H groups in total. The van der Waals surface area contributed by atoms with Gasteiger partial charge in [0.25, 0.3) is 5.91 Å². The normalized spacial score (nSPS) is 12.3. The Morgan fingerprint density at radius 1 is 1.11 bits per heavy atom. The zero-order valence-electron chi connectivity index (χ0n) is 20.3. The number of carboxylic acids is 1. The number of carbonyl (C=O) groups excluding carboxylic acids is 1. The zero-order chi connectivity index (χ0) is 26.5. The van der Waals surface area contributed by atoms with E-state index >= 15 is 0 Å². The van der Waals surface area contributed by atoms with E-state index in [1.54, 1.807) is 12.1 Å². The lowest BCUT2D eigenvalue weighted by Crippen LogP contribution is -2.26. The molecule has 1 aromatic heterocycles. The predicted molar refractivity (Wildman–Crippen MR) is 130 cm³/mol. The van der Waals surface area contributed by atoms with Gasteiger partial charge in [-0.25, -0.2) is 4.68 Å². The van der Waals surface area contributed by atoms with Crippen LogP contribution in [0.5, 0.6) is 0 Å². The number of carbonyl (C=O) groups is 2. The Bertz CT molecular complexity index is 1200. The van der Waals surface area contributed by atoms with Crippen molar-refractivity contribution < 1.29 is 27.9 Å². The molecule has 0 aliphatic carbocycles. The Balaban J connectivity index is 1.77. The molecule has 0 saturated heterocycles. The predicted octanol–water partition coefficient (Wildman–Crippen LogP) is 5.67. The fraction of sp³-hybridized carbons (Fsp3) is 0.346. The Morgan fingerprint density at radius 2 is 1.75 bits per heavy atom. The van der Waals surface area contributed by atoms with Crippen LogP contribution in [-0.2, 0) is 11.0 Å². The number of aryl methyl sites for hydroxylation is 2. The molecule has 0 radical (unpaired) electrons. The molecule has 192 valence electrons. The fourth-order valence-corrected chi connectivity index (χ4v) is 4.06. The first-order chi connectivity index (χ1) is 17.0. The second kappa shape index (κ2) is 11.3. The molecule has 1 atom stereocenters. The molecule has 3 aromatic rings. The van der Waals surface area contributed by atoms with Crippen LogP contribution in [0.2, 0.25) is 0 Å². The van der Waals surface area contributed by atoms with E-state index in [0.29, 0.717) is 11.3 Å². The average Bonchev–Trinajstić information content (AvgIpc) is 3.28. The van der Waals surface area contributed by atoms with Crippen LogP contribution in [0.1, 0.15) is 64.8 Å². The molecule has 2 aromatic carbocycles. The monoisotopic (exact) mass is 502 g/mol. The van der Waals surface area contributed by atoms with Gasteiger partial charge in [0, 0.05) is 24.0 Å². The summed E-state index contributed by atoms with van der Waals surface area (Å²) in [6.07, 6.45) is -1.08. The Hall–Kier alpha value is -3.82. The topological polar surface area (TPSA) is 96.3 Å². The number of benzene rings is 2. The highest BCUT2D eigenvalue weighted by Crippen LogP contribution is 2.32. The van der Waals surface area contributed by atoms with E-state index in [1.807, 2.05) is 38.1 Å². The van der Waals surface area contributed by atoms with Gasteiger partial charge in [-0.3, -0.25) is 9.59 Å². The van der Waals surface area contributed by atoms with Crippen LogP contribution in [0.3, 0.4) is 0 Å². The number of hydrogen-bond acceptors (Lipinski definition) is 4. The van der Waals surface area contributed by atoms with E-state index in [1.165, 1.54) is 4.68 Å². The molecule has 0 aliphatic heterocycles. The summed E-state index contributed by atoms with van der Waals surface area (Å²) in [6.45, 7) is 5.78. The second-order valence-electron chi connectivity index (χ2n) is 8.64. The minimum atomic E-state index is -4.45. The van der Waals surface area contributed by atoms with Crippen molar-refractivity contribution in [1.82, 2.24) is 15.1 Å². The van der Waals surface area contributed by atoms with Crippen molar-refractivity contribution in [3.8, 4) is 5.69 Å². The van der Waals surface area contributed by atoms with Gasteiger partial charge >= 0.3 is 12.1 Å². The summed E-state index contributed by atoms with van der Waals surface area (Å²) < 4.78 is 40.3. The summed E-state index contributed by atoms with van der Waals surface area (Å²) in [6, 6.07) is 10.8. The van der Waals surface area contributed by atoms with Gasteiger partial charge in [0.2, 0.25) is 0 Å². The lowest BCUT2D eigenvalue weighted by Gasteiger charge is -2.22. The minimum absolute atomic E-state index is 0.0506. The first-order valence-electron chi connectivity index (χ1n) is 11.6. The second-order valence-corrected chi connectivity index (χ2v) is 8.64. The number of anilines is 1. The fourth-order valence-electron chi connectivity index (χ4n) is 4.06. The number of nitrogens with zero attached hydrogens (tertiary/aromatic N) is 2. The maximum absolute atomic E-state index is 13.0. The van der Waals surface area contributed by atoms with E-state index < -0.39 is 17.7 Å². The Kier molecular flexibility index (Phi) is 8.39. The third kappa shape index (κ3) is 6.65. The van der Waals surface area contributed by atoms with Crippen LogP contribution in [0.15, 0.2) is 48.8 Å². The highest BCUT2D eigenvalue weighted by atomic mass is 19.4. The van der Waals surface area contributed by atoms with Crippen molar-refractivity contribution in [3.63, 3.8) is 0 Å². The highest BCUT2D eigenvalue weighted by Gasteiger charge is 2.32. The summed E-state index contributed by atoms with van der Waals surface area (Å²) in [4.78, 5) is 22.8. The van der Waals surface area contributed by atoms with Gasteiger partial charge < -0.3 is 15.7 Å². The quantitative estimate of drug-likeness (QED) is 0.332. The Morgan fingerprint density at radius 3 is 2.28 bits per heavy atom. The lowest BCUT2D eigenvalue weighted by molar-refractivity contribution is -0.138. The molecule has 10 heteroatoms. The van der Waals surface area contributed by atoms with Crippen molar-refractivity contribution in [1.29, 1.82) is 0 Å². The molecule has 1 heterocycles. The molecule has 0 fully saturated rings. The largest absolute Gasteiger partial charge is 0.481 e. The number of aliphatic carboxylic acids is 1. The molecular weight excluding hydrogens is 473 g/mol. The third-order valence-corrected chi connectivity index (χ3v) is 5.75. The number of rotatable bonds is 10. The van der Waals surface area contributed by atoms with Crippen molar-refractivity contribution in [2.24, 2.45) is 0 Å². The molecule has 36 heavy (non-hydrogen) atoms. The number of halogens is 3. The number of hydrogen-bond donors (Lipinski definition) is 3. The molecule has 1 amide bonds. The van der Waals surface area contributed by atoms with Crippen molar-refractivity contribution in [2.75, 3.05) is 11.9 Å². The summed E-state index contributed by atoms with van der Waals surface area (Å²) in [5.41, 5.74) is 3.58. The first-order valence-corrected chi connectivity index (χ1v) is 11.6. The van der Waals surface area contributed by atoms with Gasteiger partial charge in [-0.15, -0.1) is 0 Å². The molecular formula is C26H29F3N4O3. The van der Waals surface area contributed by atoms with Gasteiger partial charge in [-0.2, -0.15) is 18.3 Å². The van der Waals surface area contributed by atoms with Gasteiger partial charge in [0.15, 0.2) is 0 Å².